The highest BCUT2D eigenvalue weighted by molar-refractivity contribution is 5.72. The van der Waals surface area contributed by atoms with E-state index in [0.717, 1.165) is 17.5 Å². The Hall–Kier alpha value is -1.61. The first-order valence-corrected chi connectivity index (χ1v) is 4.81. The maximum Gasteiger partial charge on any atom is 0.334 e. The van der Waals surface area contributed by atoms with E-state index < -0.39 is 6.29 Å². The second-order valence-electron chi connectivity index (χ2n) is 3.32. The molecule has 78 valence electrons. The van der Waals surface area contributed by atoms with Crippen LogP contribution >= 0.6 is 0 Å². The molecule has 3 nitrogen and oxygen atoms in total. The maximum absolute atomic E-state index is 10.9. The molecule has 0 aromatic heterocycles. The molecule has 1 heterocycles. The van der Waals surface area contributed by atoms with Crippen LogP contribution in [0.2, 0.25) is 0 Å². The van der Waals surface area contributed by atoms with E-state index in [1.807, 2.05) is 30.3 Å². The molecule has 1 aliphatic rings. The van der Waals surface area contributed by atoms with Gasteiger partial charge in [-0.15, -0.1) is 6.58 Å². The number of carbonyl (C=O) groups excluding carboxylic acids is 1. The molecule has 1 atom stereocenters. The number of allylic oxidation sites excluding steroid dienone is 1. The molecule has 0 saturated carbocycles. The summed E-state index contributed by atoms with van der Waals surface area (Å²) < 4.78 is 10.3. The molecule has 1 aromatic rings. The average molecular weight is 204 g/mol. The molecule has 0 radical (unpaired) electrons. The highest BCUT2D eigenvalue weighted by Gasteiger charge is 2.26. The predicted molar refractivity (Wildman–Crippen MR) is 55.1 cm³/mol. The monoisotopic (exact) mass is 204 g/mol. The molecule has 2 rings (SSSR count). The van der Waals surface area contributed by atoms with Gasteiger partial charge in [-0.2, -0.15) is 0 Å². The second-order valence-corrected chi connectivity index (χ2v) is 3.32. The Labute approximate surface area is 88.3 Å². The van der Waals surface area contributed by atoms with Crippen LogP contribution in [-0.4, -0.2) is 12.6 Å². The van der Waals surface area contributed by atoms with Crippen molar-refractivity contribution in [2.45, 2.75) is 12.7 Å². The molecule has 1 saturated heterocycles. The van der Waals surface area contributed by atoms with Gasteiger partial charge in [0.25, 0.3) is 0 Å². The third-order valence-corrected chi connectivity index (χ3v) is 2.26. The van der Waals surface area contributed by atoms with Gasteiger partial charge in [0.15, 0.2) is 0 Å². The lowest BCUT2D eigenvalue weighted by Gasteiger charge is -2.12. The number of esters is 1. The Kier molecular flexibility index (Phi) is 2.83. The average Bonchev–Trinajstić information content (AvgIpc) is 2.66. The van der Waals surface area contributed by atoms with Crippen LogP contribution in [0.1, 0.15) is 17.4 Å². The Morgan fingerprint density at radius 3 is 2.93 bits per heavy atom. The Morgan fingerprint density at radius 1 is 1.47 bits per heavy atom. The molecule has 0 amide bonds. The molecule has 3 heteroatoms. The Bertz CT molecular complexity index is 384. The zero-order valence-corrected chi connectivity index (χ0v) is 8.31. The lowest BCUT2D eigenvalue weighted by molar-refractivity contribution is -0.143. The first-order chi connectivity index (χ1) is 7.31. The van der Waals surface area contributed by atoms with E-state index >= 15 is 0 Å². The van der Waals surface area contributed by atoms with E-state index in [4.69, 9.17) is 9.47 Å². The van der Waals surface area contributed by atoms with Gasteiger partial charge in [-0.25, -0.2) is 4.79 Å². The van der Waals surface area contributed by atoms with Gasteiger partial charge >= 0.3 is 5.97 Å². The summed E-state index contributed by atoms with van der Waals surface area (Å²) in [6.07, 6.45) is 2.01. The summed E-state index contributed by atoms with van der Waals surface area (Å²) in [5.74, 6) is -0.312. The summed E-state index contributed by atoms with van der Waals surface area (Å²) in [6, 6.07) is 7.73. The van der Waals surface area contributed by atoms with Gasteiger partial charge in [0.2, 0.25) is 6.29 Å². The minimum atomic E-state index is -0.548. The summed E-state index contributed by atoms with van der Waals surface area (Å²) in [4.78, 5) is 10.9. The number of hydrogen-bond acceptors (Lipinski definition) is 3. The lowest BCUT2D eigenvalue weighted by atomic mass is 10.0. The molecule has 0 aliphatic carbocycles. The first-order valence-electron chi connectivity index (χ1n) is 4.81. The number of benzene rings is 1. The van der Waals surface area contributed by atoms with Gasteiger partial charge in [0.1, 0.15) is 6.61 Å². The van der Waals surface area contributed by atoms with Gasteiger partial charge in [0.05, 0.1) is 0 Å². The molecule has 1 fully saturated rings. The van der Waals surface area contributed by atoms with Crippen LogP contribution in [0.5, 0.6) is 0 Å². The fourth-order valence-corrected chi connectivity index (χ4v) is 1.59. The molecule has 1 aliphatic heterocycles. The molecule has 1 unspecified atom stereocenters. The summed E-state index contributed by atoms with van der Waals surface area (Å²) >= 11 is 0. The van der Waals surface area contributed by atoms with Crippen molar-refractivity contribution < 1.29 is 14.3 Å². The van der Waals surface area contributed by atoms with Crippen molar-refractivity contribution in [2.75, 3.05) is 6.61 Å². The third kappa shape index (κ3) is 2.07. The van der Waals surface area contributed by atoms with Gasteiger partial charge in [0, 0.05) is 5.56 Å². The van der Waals surface area contributed by atoms with Crippen molar-refractivity contribution in [3.8, 4) is 0 Å². The first kappa shape index (κ1) is 9.93. The predicted octanol–water partition coefficient (Wildman–Crippen LogP) is 1.99. The summed E-state index contributed by atoms with van der Waals surface area (Å²) in [5.41, 5.74) is 1.98. The molecule has 1 aromatic carbocycles. The number of hydrogen-bond donors (Lipinski definition) is 0. The number of cyclic esters (lactones) is 1. The SMILES string of the molecule is C=CCc1ccccc1C1OCC(=O)O1. The largest absolute Gasteiger partial charge is 0.430 e. The standard InChI is InChI=1S/C12H12O3/c1-2-5-9-6-3-4-7-10(9)12-14-8-11(13)15-12/h2-4,6-7,12H,1,5,8H2. The fraction of sp³-hybridized carbons (Fsp3) is 0.250. The van der Waals surface area contributed by atoms with Crippen molar-refractivity contribution in [1.29, 1.82) is 0 Å². The zero-order valence-electron chi connectivity index (χ0n) is 8.31. The fourth-order valence-electron chi connectivity index (χ4n) is 1.59. The molecular weight excluding hydrogens is 192 g/mol. The molecular formula is C12H12O3. The van der Waals surface area contributed by atoms with Crippen LogP contribution in [0.25, 0.3) is 0 Å². The van der Waals surface area contributed by atoms with Crippen molar-refractivity contribution in [3.05, 3.63) is 48.0 Å². The van der Waals surface area contributed by atoms with E-state index in [2.05, 4.69) is 6.58 Å². The topological polar surface area (TPSA) is 35.5 Å². The van der Waals surface area contributed by atoms with Gasteiger partial charge in [-0.1, -0.05) is 30.3 Å². The smallest absolute Gasteiger partial charge is 0.334 e. The summed E-state index contributed by atoms with van der Waals surface area (Å²) in [5, 5.41) is 0. The van der Waals surface area contributed by atoms with Crippen LogP contribution in [0.3, 0.4) is 0 Å². The number of rotatable bonds is 3. The van der Waals surface area contributed by atoms with Crippen molar-refractivity contribution >= 4 is 5.97 Å². The van der Waals surface area contributed by atoms with Crippen LogP contribution in [-0.2, 0) is 20.7 Å². The minimum Gasteiger partial charge on any atom is -0.430 e. The van der Waals surface area contributed by atoms with E-state index in [0.29, 0.717) is 0 Å². The molecule has 15 heavy (non-hydrogen) atoms. The van der Waals surface area contributed by atoms with E-state index in [9.17, 15) is 4.79 Å². The number of carbonyl (C=O) groups is 1. The normalized spacial score (nSPS) is 20.0. The van der Waals surface area contributed by atoms with Crippen LogP contribution in [0.15, 0.2) is 36.9 Å². The molecule has 0 bridgehead atoms. The minimum absolute atomic E-state index is 0.0348. The Balaban J connectivity index is 2.26. The highest BCUT2D eigenvalue weighted by atomic mass is 16.7. The van der Waals surface area contributed by atoms with E-state index in [-0.39, 0.29) is 12.6 Å². The van der Waals surface area contributed by atoms with Crippen molar-refractivity contribution in [1.82, 2.24) is 0 Å². The van der Waals surface area contributed by atoms with Crippen molar-refractivity contribution in [2.24, 2.45) is 0 Å². The second kappa shape index (κ2) is 4.28. The van der Waals surface area contributed by atoms with Crippen LogP contribution in [0, 0.1) is 0 Å². The molecule has 0 spiro atoms. The van der Waals surface area contributed by atoms with Crippen molar-refractivity contribution in [3.63, 3.8) is 0 Å². The van der Waals surface area contributed by atoms with Crippen LogP contribution < -0.4 is 0 Å². The van der Waals surface area contributed by atoms with E-state index in [1.54, 1.807) is 0 Å². The lowest BCUT2D eigenvalue weighted by Crippen LogP contribution is -2.03. The summed E-state index contributed by atoms with van der Waals surface area (Å²) in [7, 11) is 0. The van der Waals surface area contributed by atoms with Gasteiger partial charge in [-0.3, -0.25) is 0 Å². The van der Waals surface area contributed by atoms with Gasteiger partial charge < -0.3 is 9.47 Å². The van der Waals surface area contributed by atoms with E-state index in [1.165, 1.54) is 0 Å². The third-order valence-electron chi connectivity index (χ3n) is 2.26. The highest BCUT2D eigenvalue weighted by Crippen LogP contribution is 2.27. The Morgan fingerprint density at radius 2 is 2.27 bits per heavy atom. The number of ether oxygens (including phenoxy) is 2. The zero-order chi connectivity index (χ0) is 10.7. The quantitative estimate of drug-likeness (QED) is 0.558. The molecule has 0 N–H and O–H groups in total. The maximum atomic E-state index is 10.9. The van der Waals surface area contributed by atoms with Gasteiger partial charge in [-0.05, 0) is 12.0 Å². The summed E-state index contributed by atoms with van der Waals surface area (Å²) in [6.45, 7) is 3.72. The van der Waals surface area contributed by atoms with Crippen LogP contribution in [0.4, 0.5) is 0 Å².